The number of alkyl halides is 1. The number of furan rings is 1. The molecule has 0 spiro atoms. The molecular formula is C27H26BrN3O8. The van der Waals surface area contributed by atoms with Gasteiger partial charge in [0.05, 0.1) is 31.2 Å². The number of anilines is 2. The van der Waals surface area contributed by atoms with Crippen LogP contribution in [0.15, 0.2) is 34.7 Å². The van der Waals surface area contributed by atoms with Gasteiger partial charge in [0.1, 0.15) is 11.3 Å². The number of esters is 1. The summed E-state index contributed by atoms with van der Waals surface area (Å²) in [5.41, 5.74) is 0.0830. The largest absolute Gasteiger partial charge is 0.497 e. The molecule has 0 saturated carbocycles. The summed E-state index contributed by atoms with van der Waals surface area (Å²) in [7, 11) is 5.77. The molecule has 2 amide bonds. The van der Waals surface area contributed by atoms with Gasteiger partial charge in [-0.15, -0.1) is 0 Å². The lowest BCUT2D eigenvalue weighted by atomic mass is 9.89. The average molecular weight is 600 g/mol. The fraction of sp³-hybridized carbons (Fsp3) is 0.333. The molecule has 204 valence electrons. The van der Waals surface area contributed by atoms with Gasteiger partial charge in [0, 0.05) is 43.3 Å². The Labute approximate surface area is 232 Å². The molecule has 12 heteroatoms. The molecule has 2 aliphatic heterocycles. The fourth-order valence-corrected chi connectivity index (χ4v) is 5.47. The Morgan fingerprint density at radius 3 is 2.59 bits per heavy atom. The van der Waals surface area contributed by atoms with Gasteiger partial charge < -0.3 is 33.7 Å². The van der Waals surface area contributed by atoms with Crippen molar-refractivity contribution in [3.05, 3.63) is 47.2 Å². The summed E-state index contributed by atoms with van der Waals surface area (Å²) < 4.78 is 21.6. The van der Waals surface area contributed by atoms with E-state index in [0.29, 0.717) is 33.3 Å². The predicted molar refractivity (Wildman–Crippen MR) is 146 cm³/mol. The van der Waals surface area contributed by atoms with Crippen molar-refractivity contribution in [2.45, 2.75) is 18.4 Å². The molecule has 0 unspecified atom stereocenters. The third-order valence-electron chi connectivity index (χ3n) is 6.99. The standard InChI is InChI=1S/C27H26BrN3O8/c1-27(25(34)37-5)23(32)21-20-14(11-28)12-31(16(20)10-18(22(21)29-27)39-26(35)30(2)3)24(33)19-9-13-8-15(36-4)6-7-17(13)38-19/h6-10,14,29H,11-12H2,1-5H3/t14-,27-/m1/s1. The molecular weight excluding hydrogens is 574 g/mol. The number of nitrogens with one attached hydrogen (secondary N) is 1. The quantitative estimate of drug-likeness (QED) is 0.261. The normalized spacial score (nSPS) is 19.4. The minimum Gasteiger partial charge on any atom is -0.497 e. The van der Waals surface area contributed by atoms with Gasteiger partial charge in [-0.2, -0.15) is 0 Å². The van der Waals surface area contributed by atoms with Crippen LogP contribution in [0.4, 0.5) is 16.2 Å². The maximum absolute atomic E-state index is 13.8. The van der Waals surface area contributed by atoms with Crippen LogP contribution in [0.2, 0.25) is 0 Å². The monoisotopic (exact) mass is 599 g/mol. The molecule has 1 N–H and O–H groups in total. The molecule has 0 saturated heterocycles. The van der Waals surface area contributed by atoms with Crippen LogP contribution in [0.3, 0.4) is 0 Å². The fourth-order valence-electron chi connectivity index (χ4n) is 4.94. The molecule has 0 aliphatic carbocycles. The highest BCUT2D eigenvalue weighted by Crippen LogP contribution is 2.51. The number of rotatable bonds is 5. The van der Waals surface area contributed by atoms with Gasteiger partial charge in [0.15, 0.2) is 17.0 Å². The predicted octanol–water partition coefficient (Wildman–Crippen LogP) is 4.18. The van der Waals surface area contributed by atoms with E-state index in [9.17, 15) is 19.2 Å². The number of nitrogens with zero attached hydrogens (tertiary/aromatic N) is 2. The maximum atomic E-state index is 13.8. The first-order valence-electron chi connectivity index (χ1n) is 12.0. The number of amides is 2. The van der Waals surface area contributed by atoms with Gasteiger partial charge in [-0.1, -0.05) is 15.9 Å². The van der Waals surface area contributed by atoms with E-state index in [-0.39, 0.29) is 35.2 Å². The Kier molecular flexibility index (Phi) is 6.53. The van der Waals surface area contributed by atoms with E-state index in [2.05, 4.69) is 21.2 Å². The second-order valence-corrected chi connectivity index (χ2v) is 10.3. The van der Waals surface area contributed by atoms with Crippen LogP contribution in [0.1, 0.15) is 39.3 Å². The number of hydrogen-bond acceptors (Lipinski definition) is 9. The third-order valence-corrected chi connectivity index (χ3v) is 7.77. The van der Waals surface area contributed by atoms with Gasteiger partial charge in [0.2, 0.25) is 5.78 Å². The van der Waals surface area contributed by atoms with Crippen molar-refractivity contribution in [3.8, 4) is 11.5 Å². The smallest absolute Gasteiger partial charge is 0.414 e. The average Bonchev–Trinajstić information content (AvgIpc) is 3.59. The lowest BCUT2D eigenvalue weighted by Crippen LogP contribution is -2.47. The van der Waals surface area contributed by atoms with Crippen molar-refractivity contribution >= 4 is 62.0 Å². The summed E-state index contributed by atoms with van der Waals surface area (Å²) in [5, 5.41) is 4.05. The Morgan fingerprint density at radius 1 is 1.21 bits per heavy atom. The molecule has 39 heavy (non-hydrogen) atoms. The molecule has 0 bridgehead atoms. The Bertz CT molecular complexity index is 1550. The number of halogens is 1. The molecule has 2 aliphatic rings. The van der Waals surface area contributed by atoms with E-state index in [0.717, 1.165) is 0 Å². The highest BCUT2D eigenvalue weighted by Gasteiger charge is 2.53. The van der Waals surface area contributed by atoms with Crippen molar-refractivity contribution in [2.24, 2.45) is 0 Å². The Hall–Kier alpha value is -4.06. The molecule has 11 nitrogen and oxygen atoms in total. The van der Waals surface area contributed by atoms with Gasteiger partial charge in [-0.3, -0.25) is 9.59 Å². The van der Waals surface area contributed by atoms with Crippen LogP contribution in [0, 0.1) is 0 Å². The molecule has 0 fully saturated rings. The zero-order chi connectivity index (χ0) is 28.2. The minimum absolute atomic E-state index is 0.00536. The Morgan fingerprint density at radius 2 is 1.95 bits per heavy atom. The van der Waals surface area contributed by atoms with Gasteiger partial charge in [-0.25, -0.2) is 9.59 Å². The van der Waals surface area contributed by atoms with Crippen molar-refractivity contribution in [1.29, 1.82) is 0 Å². The van der Waals surface area contributed by atoms with Gasteiger partial charge in [-0.05, 0) is 36.8 Å². The molecule has 5 rings (SSSR count). The molecule has 0 radical (unpaired) electrons. The van der Waals surface area contributed by atoms with Crippen LogP contribution >= 0.6 is 15.9 Å². The van der Waals surface area contributed by atoms with E-state index < -0.39 is 29.3 Å². The first-order chi connectivity index (χ1) is 18.5. The number of ether oxygens (including phenoxy) is 3. The summed E-state index contributed by atoms with van der Waals surface area (Å²) in [5.74, 6) is -1.35. The lowest BCUT2D eigenvalue weighted by Gasteiger charge is -2.21. The first-order valence-corrected chi connectivity index (χ1v) is 13.1. The highest BCUT2D eigenvalue weighted by molar-refractivity contribution is 9.09. The second-order valence-electron chi connectivity index (χ2n) is 9.67. The van der Waals surface area contributed by atoms with E-state index in [1.54, 1.807) is 31.4 Å². The topological polar surface area (TPSA) is 128 Å². The van der Waals surface area contributed by atoms with Crippen molar-refractivity contribution in [3.63, 3.8) is 0 Å². The number of methoxy groups -OCH3 is 2. The van der Waals surface area contributed by atoms with Crippen molar-refractivity contribution in [2.75, 3.05) is 50.4 Å². The maximum Gasteiger partial charge on any atom is 0.414 e. The second kappa shape index (κ2) is 9.60. The molecule has 3 aromatic rings. The van der Waals surface area contributed by atoms with E-state index >= 15 is 0 Å². The number of ketones is 1. The van der Waals surface area contributed by atoms with Crippen molar-refractivity contribution in [1.82, 2.24) is 4.90 Å². The van der Waals surface area contributed by atoms with Gasteiger partial charge in [0.25, 0.3) is 5.91 Å². The van der Waals surface area contributed by atoms with Crippen LogP contribution in [-0.4, -0.2) is 74.4 Å². The number of benzene rings is 2. The summed E-state index contributed by atoms with van der Waals surface area (Å²) in [6.45, 7) is 1.63. The van der Waals surface area contributed by atoms with Crippen molar-refractivity contribution < 1.29 is 37.8 Å². The zero-order valence-electron chi connectivity index (χ0n) is 21.9. The lowest BCUT2D eigenvalue weighted by molar-refractivity contribution is -0.143. The minimum atomic E-state index is -1.74. The zero-order valence-corrected chi connectivity index (χ0v) is 23.5. The SMILES string of the molecule is COC(=O)[C@]1(C)Nc2c(OC(=O)N(C)C)cc3c(c2C1=O)[C@H](CBr)CN3C(=O)c1cc2cc(OC)ccc2o1. The summed E-state index contributed by atoms with van der Waals surface area (Å²) >= 11 is 3.51. The number of Topliss-reactive ketones (excluding diaryl/α,β-unsaturated/α-hetero) is 1. The summed E-state index contributed by atoms with van der Waals surface area (Å²) in [6, 6.07) is 8.37. The number of carbonyl (C=O) groups excluding carboxylic acids is 4. The summed E-state index contributed by atoms with van der Waals surface area (Å²) in [4.78, 5) is 55.5. The molecule has 2 atom stereocenters. The molecule has 3 heterocycles. The van der Waals surface area contributed by atoms with E-state index in [1.807, 2.05) is 0 Å². The van der Waals surface area contributed by atoms with Crippen LogP contribution in [0.5, 0.6) is 11.5 Å². The molecule has 1 aromatic heterocycles. The Balaban J connectivity index is 1.66. The third kappa shape index (κ3) is 4.10. The van der Waals surface area contributed by atoms with Gasteiger partial charge >= 0.3 is 12.1 Å². The van der Waals surface area contributed by atoms with Crippen LogP contribution < -0.4 is 19.7 Å². The van der Waals surface area contributed by atoms with Crippen LogP contribution in [0.25, 0.3) is 11.0 Å². The number of carbonyl (C=O) groups is 4. The molecule has 2 aromatic carbocycles. The van der Waals surface area contributed by atoms with E-state index in [1.165, 1.54) is 44.0 Å². The van der Waals surface area contributed by atoms with Crippen LogP contribution in [-0.2, 0) is 9.53 Å². The number of fused-ring (bicyclic) bond motifs is 4. The number of hydrogen-bond donors (Lipinski definition) is 1. The van der Waals surface area contributed by atoms with E-state index in [4.69, 9.17) is 18.6 Å². The summed E-state index contributed by atoms with van der Waals surface area (Å²) in [6.07, 6.45) is -0.697. The first kappa shape index (κ1) is 26.5. The highest BCUT2D eigenvalue weighted by atomic mass is 79.9.